The lowest BCUT2D eigenvalue weighted by atomic mass is 10.1. The summed E-state index contributed by atoms with van der Waals surface area (Å²) < 4.78 is 12.2. The molecule has 0 aliphatic carbocycles. The summed E-state index contributed by atoms with van der Waals surface area (Å²) in [6, 6.07) is 13.6. The van der Waals surface area contributed by atoms with Gasteiger partial charge in [-0.2, -0.15) is 0 Å². The Hall–Kier alpha value is -2.38. The van der Waals surface area contributed by atoms with E-state index in [1.165, 1.54) is 4.90 Å². The maximum absolute atomic E-state index is 12.4. The van der Waals surface area contributed by atoms with Crippen LogP contribution in [0, 0.1) is 0 Å². The summed E-state index contributed by atoms with van der Waals surface area (Å²) in [5.41, 5.74) is 2.29. The summed E-state index contributed by atoms with van der Waals surface area (Å²) in [6.45, 7) is 2.84. The first-order valence-corrected chi connectivity index (χ1v) is 9.62. The van der Waals surface area contributed by atoms with E-state index in [4.69, 9.17) is 21.7 Å². The Bertz CT molecular complexity index is 900. The Morgan fingerprint density at radius 3 is 2.59 bits per heavy atom. The van der Waals surface area contributed by atoms with Crippen LogP contribution in [0.4, 0.5) is 0 Å². The predicted octanol–water partition coefficient (Wildman–Crippen LogP) is 4.11. The van der Waals surface area contributed by atoms with Crippen LogP contribution in [0.25, 0.3) is 6.08 Å². The zero-order valence-electron chi connectivity index (χ0n) is 15.0. The summed E-state index contributed by atoms with van der Waals surface area (Å²) >= 11 is 8.74. The van der Waals surface area contributed by atoms with E-state index in [0.717, 1.165) is 15.6 Å². The average Bonchev–Trinajstić information content (AvgIpc) is 2.95. The van der Waals surface area contributed by atoms with Gasteiger partial charge in [-0.25, -0.2) is 0 Å². The van der Waals surface area contributed by atoms with Crippen molar-refractivity contribution in [3.05, 3.63) is 63.8 Å². The van der Waals surface area contributed by atoms with Crippen LogP contribution in [-0.2, 0) is 11.4 Å². The van der Waals surface area contributed by atoms with E-state index in [1.807, 2.05) is 49.4 Å². The molecule has 1 fully saturated rings. The van der Waals surface area contributed by atoms with E-state index >= 15 is 0 Å². The van der Waals surface area contributed by atoms with Gasteiger partial charge in [-0.15, -0.1) is 0 Å². The maximum Gasteiger partial charge on any atom is 0.276 e. The first-order chi connectivity index (χ1) is 13.0. The van der Waals surface area contributed by atoms with E-state index in [2.05, 4.69) is 21.2 Å². The Morgan fingerprint density at radius 1 is 1.22 bits per heavy atom. The number of likely N-dealkylation sites (N-methyl/N-ethyl adjacent to an activating group) is 1. The molecule has 1 aliphatic heterocycles. The zero-order chi connectivity index (χ0) is 19.4. The van der Waals surface area contributed by atoms with E-state index in [1.54, 1.807) is 13.2 Å². The molecule has 0 bridgehead atoms. The minimum Gasteiger partial charge on any atom is -0.493 e. The number of thiocarbonyl (C=S) groups is 1. The third kappa shape index (κ3) is 4.31. The Kier molecular flexibility index (Phi) is 6.13. The van der Waals surface area contributed by atoms with Crippen molar-refractivity contribution in [2.24, 2.45) is 0 Å². The molecule has 140 valence electrons. The zero-order valence-corrected chi connectivity index (χ0v) is 17.4. The summed E-state index contributed by atoms with van der Waals surface area (Å²) in [5.74, 6) is 1.06. The van der Waals surface area contributed by atoms with Crippen molar-refractivity contribution in [1.29, 1.82) is 0 Å². The van der Waals surface area contributed by atoms with Crippen LogP contribution in [0.5, 0.6) is 11.5 Å². The minimum absolute atomic E-state index is 0.141. The van der Waals surface area contributed by atoms with Gasteiger partial charge in [0.2, 0.25) is 0 Å². The van der Waals surface area contributed by atoms with Gasteiger partial charge in [0.15, 0.2) is 16.6 Å². The summed E-state index contributed by atoms with van der Waals surface area (Å²) in [4.78, 5) is 13.9. The summed E-state index contributed by atoms with van der Waals surface area (Å²) in [5, 5.41) is 3.37. The molecule has 0 atom stereocenters. The molecule has 1 aliphatic rings. The lowest BCUT2D eigenvalue weighted by Crippen LogP contribution is -2.30. The van der Waals surface area contributed by atoms with E-state index in [-0.39, 0.29) is 5.91 Å². The highest BCUT2D eigenvalue weighted by Gasteiger charge is 2.29. The van der Waals surface area contributed by atoms with Crippen molar-refractivity contribution in [2.45, 2.75) is 13.5 Å². The third-order valence-corrected chi connectivity index (χ3v) is 5.11. The molecular formula is C20H19BrN2O3S. The van der Waals surface area contributed by atoms with Gasteiger partial charge < -0.3 is 14.8 Å². The van der Waals surface area contributed by atoms with Gasteiger partial charge in [-0.1, -0.05) is 46.3 Å². The standard InChI is InChI=1S/C20H19BrN2O3S/c1-3-23-19(24)16(22-20(23)27)9-14-10-17(25-2)18(11-15(14)21)26-12-13-7-5-4-6-8-13/h4-11H,3,12H2,1-2H3,(H,22,27). The number of nitrogens with zero attached hydrogens (tertiary/aromatic N) is 1. The average molecular weight is 447 g/mol. The Labute approximate surface area is 172 Å². The number of methoxy groups -OCH3 is 1. The lowest BCUT2D eigenvalue weighted by Gasteiger charge is -2.13. The third-order valence-electron chi connectivity index (χ3n) is 4.10. The van der Waals surface area contributed by atoms with Crippen LogP contribution in [0.3, 0.4) is 0 Å². The van der Waals surface area contributed by atoms with Crippen LogP contribution in [0.15, 0.2) is 52.6 Å². The van der Waals surface area contributed by atoms with Crippen LogP contribution < -0.4 is 14.8 Å². The molecular weight excluding hydrogens is 428 g/mol. The van der Waals surface area contributed by atoms with Crippen molar-refractivity contribution in [2.75, 3.05) is 13.7 Å². The fourth-order valence-corrected chi connectivity index (χ4v) is 3.44. The Morgan fingerprint density at radius 2 is 1.96 bits per heavy atom. The van der Waals surface area contributed by atoms with Crippen molar-refractivity contribution in [1.82, 2.24) is 10.2 Å². The quantitative estimate of drug-likeness (QED) is 0.534. The highest BCUT2D eigenvalue weighted by Crippen LogP contribution is 2.35. The topological polar surface area (TPSA) is 50.8 Å². The molecule has 27 heavy (non-hydrogen) atoms. The summed E-state index contributed by atoms with van der Waals surface area (Å²) in [7, 11) is 1.59. The SMILES string of the molecule is CCN1C(=O)C(=Cc2cc(OC)c(OCc3ccccc3)cc2Br)NC1=S. The van der Waals surface area contributed by atoms with Crippen molar-refractivity contribution >= 4 is 45.2 Å². The smallest absolute Gasteiger partial charge is 0.276 e. The van der Waals surface area contributed by atoms with Gasteiger partial charge in [0.25, 0.3) is 5.91 Å². The highest BCUT2D eigenvalue weighted by atomic mass is 79.9. The minimum atomic E-state index is -0.141. The number of hydrogen-bond donors (Lipinski definition) is 1. The van der Waals surface area contributed by atoms with Gasteiger partial charge in [0.1, 0.15) is 12.3 Å². The van der Waals surface area contributed by atoms with Crippen molar-refractivity contribution in [3.8, 4) is 11.5 Å². The maximum atomic E-state index is 12.4. The molecule has 1 saturated heterocycles. The molecule has 2 aromatic rings. The normalized spacial score (nSPS) is 15.2. The molecule has 0 saturated carbocycles. The van der Waals surface area contributed by atoms with Crippen LogP contribution in [-0.4, -0.2) is 29.6 Å². The molecule has 0 spiro atoms. The fourth-order valence-electron chi connectivity index (χ4n) is 2.68. The van der Waals surface area contributed by atoms with Gasteiger partial charge in [0, 0.05) is 11.0 Å². The first-order valence-electron chi connectivity index (χ1n) is 8.42. The number of nitrogens with one attached hydrogen (secondary N) is 1. The van der Waals surface area contributed by atoms with E-state index < -0.39 is 0 Å². The predicted molar refractivity (Wildman–Crippen MR) is 113 cm³/mol. The molecule has 7 heteroatoms. The molecule has 1 heterocycles. The fraction of sp³-hybridized carbons (Fsp3) is 0.200. The number of carbonyl (C=O) groups is 1. The first kappa shape index (κ1) is 19.4. The number of amides is 1. The molecule has 3 rings (SSSR count). The van der Waals surface area contributed by atoms with Crippen molar-refractivity contribution in [3.63, 3.8) is 0 Å². The molecule has 1 amide bonds. The van der Waals surface area contributed by atoms with Crippen molar-refractivity contribution < 1.29 is 14.3 Å². The number of halogens is 1. The second kappa shape index (κ2) is 8.54. The number of hydrogen-bond acceptors (Lipinski definition) is 4. The van der Waals surface area contributed by atoms with E-state index in [0.29, 0.717) is 35.5 Å². The van der Waals surface area contributed by atoms with Gasteiger partial charge in [-0.3, -0.25) is 9.69 Å². The molecule has 5 nitrogen and oxygen atoms in total. The molecule has 0 radical (unpaired) electrons. The summed E-state index contributed by atoms with van der Waals surface area (Å²) in [6.07, 6.45) is 1.75. The number of ether oxygens (including phenoxy) is 2. The monoisotopic (exact) mass is 446 g/mol. The molecule has 2 aromatic carbocycles. The lowest BCUT2D eigenvalue weighted by molar-refractivity contribution is -0.122. The van der Waals surface area contributed by atoms with Crippen LogP contribution >= 0.6 is 28.1 Å². The number of carbonyl (C=O) groups excluding carboxylic acids is 1. The highest BCUT2D eigenvalue weighted by molar-refractivity contribution is 9.10. The number of benzene rings is 2. The molecule has 1 N–H and O–H groups in total. The largest absolute Gasteiger partial charge is 0.493 e. The van der Waals surface area contributed by atoms with Crippen LogP contribution in [0.2, 0.25) is 0 Å². The second-order valence-electron chi connectivity index (χ2n) is 5.84. The van der Waals surface area contributed by atoms with Gasteiger partial charge in [-0.05, 0) is 48.5 Å². The van der Waals surface area contributed by atoms with E-state index in [9.17, 15) is 4.79 Å². The number of rotatable bonds is 6. The molecule has 0 unspecified atom stereocenters. The Balaban J connectivity index is 1.85. The van der Waals surface area contributed by atoms with Crippen LogP contribution in [0.1, 0.15) is 18.1 Å². The molecule has 0 aromatic heterocycles. The van der Waals surface area contributed by atoms with Gasteiger partial charge in [0.05, 0.1) is 7.11 Å². The van der Waals surface area contributed by atoms with Gasteiger partial charge >= 0.3 is 0 Å². The second-order valence-corrected chi connectivity index (χ2v) is 7.08.